The highest BCUT2D eigenvalue weighted by atomic mass is 79.9. The first-order chi connectivity index (χ1) is 19.8. The third-order valence-electron chi connectivity index (χ3n) is 7.56. The van der Waals surface area contributed by atoms with Crippen molar-refractivity contribution in [1.82, 2.24) is 9.97 Å². The fraction of sp³-hybridized carbons (Fsp3) is 0.333. The van der Waals surface area contributed by atoms with Gasteiger partial charge in [0.2, 0.25) is 0 Å². The van der Waals surface area contributed by atoms with Gasteiger partial charge in [-0.15, -0.1) is 0 Å². The monoisotopic (exact) mass is 656 g/mol. The van der Waals surface area contributed by atoms with Gasteiger partial charge in [0.25, 0.3) is 5.91 Å². The van der Waals surface area contributed by atoms with Crippen molar-refractivity contribution in [2.75, 3.05) is 5.32 Å². The van der Waals surface area contributed by atoms with Gasteiger partial charge in [0.05, 0.1) is 21.0 Å². The normalized spacial score (nSPS) is 19.4. The molecule has 1 amide bonds. The Morgan fingerprint density at radius 3 is 2.32 bits per heavy atom. The second-order valence-corrected chi connectivity index (χ2v) is 11.9. The summed E-state index contributed by atoms with van der Waals surface area (Å²) in [7, 11) is 0. The van der Waals surface area contributed by atoms with Crippen molar-refractivity contribution in [1.29, 1.82) is 0 Å². The Morgan fingerprint density at radius 2 is 1.66 bits per heavy atom. The second-order valence-electron chi connectivity index (χ2n) is 10.2. The Balaban J connectivity index is 1.35. The average Bonchev–Trinajstić information content (AvgIpc) is 2.99. The number of halogens is 3. The van der Waals surface area contributed by atoms with E-state index >= 15 is 0 Å². The van der Waals surface area contributed by atoms with Crippen molar-refractivity contribution in [2.45, 2.75) is 56.0 Å². The van der Waals surface area contributed by atoms with Crippen LogP contribution in [-0.2, 0) is 27.4 Å². The number of aromatic nitrogens is 2. The summed E-state index contributed by atoms with van der Waals surface area (Å²) in [6, 6.07) is 9.80. The van der Waals surface area contributed by atoms with Gasteiger partial charge in [-0.3, -0.25) is 24.5 Å². The number of hydrogen-bond donors (Lipinski definition) is 1. The van der Waals surface area contributed by atoms with Gasteiger partial charge >= 0.3 is 5.97 Å². The largest absolute Gasteiger partial charge is 0.459 e. The summed E-state index contributed by atoms with van der Waals surface area (Å²) in [6.45, 7) is 0.0929. The maximum Gasteiger partial charge on any atom is 0.331 e. The van der Waals surface area contributed by atoms with E-state index in [0.29, 0.717) is 5.69 Å². The van der Waals surface area contributed by atoms with E-state index in [1.165, 1.54) is 12.4 Å². The number of esters is 1. The predicted octanol–water partition coefficient (Wildman–Crippen LogP) is 6.43. The number of alkyl halides is 1. The maximum absolute atomic E-state index is 13.4. The van der Waals surface area contributed by atoms with Crippen LogP contribution in [0, 0.1) is 5.41 Å². The smallest absolute Gasteiger partial charge is 0.331 e. The number of nitrogens with zero attached hydrogens (tertiary/aromatic N) is 3. The number of carbonyl (C=O) groups is 3. The van der Waals surface area contributed by atoms with Gasteiger partial charge in [0, 0.05) is 42.6 Å². The zero-order chi connectivity index (χ0) is 29.0. The van der Waals surface area contributed by atoms with Crippen LogP contribution in [-0.4, -0.2) is 44.2 Å². The Hall–Kier alpha value is -3.14. The summed E-state index contributed by atoms with van der Waals surface area (Å²) in [4.78, 5) is 51.3. The SMILES string of the molecule is O=C(Nc1ccc(C[C@H](N=C2C(Br)C(=O)C23CCCCC3)C(=O)OCc2ccncc2)cc1)c1c(Cl)cncc1Cl. The van der Waals surface area contributed by atoms with E-state index in [1.54, 1.807) is 36.7 Å². The lowest BCUT2D eigenvalue weighted by atomic mass is 9.58. The summed E-state index contributed by atoms with van der Waals surface area (Å²) in [5, 5.41) is 3.07. The molecule has 41 heavy (non-hydrogen) atoms. The highest BCUT2D eigenvalue weighted by molar-refractivity contribution is 9.10. The first-order valence-electron chi connectivity index (χ1n) is 13.3. The van der Waals surface area contributed by atoms with Crippen LogP contribution in [0.15, 0.2) is 66.2 Å². The van der Waals surface area contributed by atoms with Crippen molar-refractivity contribution in [2.24, 2.45) is 10.4 Å². The van der Waals surface area contributed by atoms with Gasteiger partial charge in [0.15, 0.2) is 11.8 Å². The molecule has 0 saturated heterocycles. The van der Waals surface area contributed by atoms with Crippen LogP contribution in [0.25, 0.3) is 0 Å². The zero-order valence-electron chi connectivity index (χ0n) is 22.0. The van der Waals surface area contributed by atoms with E-state index < -0.39 is 28.2 Å². The Bertz CT molecular complexity index is 1460. The van der Waals surface area contributed by atoms with Crippen LogP contribution >= 0.6 is 39.1 Å². The molecule has 2 aromatic heterocycles. The molecule has 5 rings (SSSR count). The van der Waals surface area contributed by atoms with E-state index in [2.05, 4.69) is 31.2 Å². The summed E-state index contributed by atoms with van der Waals surface area (Å²) in [5.41, 5.74) is 2.44. The van der Waals surface area contributed by atoms with E-state index in [1.807, 2.05) is 12.1 Å². The minimum absolute atomic E-state index is 0.0929. The molecule has 1 spiro atoms. The molecule has 11 heteroatoms. The number of benzene rings is 1. The number of hydrogen-bond acceptors (Lipinski definition) is 7. The van der Waals surface area contributed by atoms with Crippen LogP contribution < -0.4 is 5.32 Å². The lowest BCUT2D eigenvalue weighted by Gasteiger charge is -2.48. The lowest BCUT2D eigenvalue weighted by molar-refractivity contribution is -0.146. The molecule has 1 N–H and O–H groups in total. The molecule has 8 nitrogen and oxygen atoms in total. The van der Waals surface area contributed by atoms with Crippen molar-refractivity contribution >= 4 is 68.2 Å². The van der Waals surface area contributed by atoms with Crippen molar-refractivity contribution in [3.63, 3.8) is 0 Å². The number of anilines is 1. The van der Waals surface area contributed by atoms with Crippen molar-refractivity contribution < 1.29 is 19.1 Å². The fourth-order valence-corrected chi connectivity index (χ4v) is 6.88. The standard InChI is InChI=1S/C30H27BrCl2N4O4/c31-25-26(30(27(25)38)10-2-1-3-11-30)37-23(29(40)41-17-19-8-12-34-13-9-19)14-18-4-6-20(7-5-18)36-28(39)24-21(32)15-35-16-22(24)33/h4-9,12-13,15-16,23,25H,1-3,10-11,14,17H2,(H,36,39)/t23-,25?/m0/s1. The number of aliphatic imine (C=N–C) groups is 1. The molecule has 1 aromatic carbocycles. The molecular formula is C30H27BrCl2N4O4. The van der Waals surface area contributed by atoms with E-state index in [0.717, 1.165) is 48.9 Å². The average molecular weight is 658 g/mol. The third kappa shape index (κ3) is 6.37. The number of pyridine rings is 2. The van der Waals surface area contributed by atoms with Crippen molar-refractivity contribution in [3.05, 3.63) is 87.9 Å². The number of ketones is 1. The van der Waals surface area contributed by atoms with Gasteiger partial charge in [0.1, 0.15) is 11.4 Å². The molecule has 0 bridgehead atoms. The van der Waals surface area contributed by atoms with Crippen LogP contribution in [0.4, 0.5) is 5.69 Å². The quantitative estimate of drug-likeness (QED) is 0.221. The summed E-state index contributed by atoms with van der Waals surface area (Å²) >= 11 is 15.7. The van der Waals surface area contributed by atoms with Gasteiger partial charge < -0.3 is 10.1 Å². The van der Waals surface area contributed by atoms with E-state index in [9.17, 15) is 14.4 Å². The third-order valence-corrected chi connectivity index (χ3v) is 8.98. The highest BCUT2D eigenvalue weighted by Gasteiger charge is 2.58. The number of Topliss-reactive ketones (excluding diaryl/α,β-unsaturated/α-hetero) is 1. The summed E-state index contributed by atoms with van der Waals surface area (Å²) in [6.07, 6.45) is 10.8. The maximum atomic E-state index is 13.4. The number of carbonyl (C=O) groups excluding carboxylic acids is 3. The van der Waals surface area contributed by atoms with Crippen molar-refractivity contribution in [3.8, 4) is 0 Å². The Morgan fingerprint density at radius 1 is 1.00 bits per heavy atom. The number of ether oxygens (including phenoxy) is 1. The molecule has 2 atom stereocenters. The first kappa shape index (κ1) is 29.4. The van der Waals surface area contributed by atoms with E-state index in [4.69, 9.17) is 32.9 Å². The molecule has 3 aromatic rings. The molecule has 2 aliphatic rings. The minimum atomic E-state index is -0.839. The van der Waals surface area contributed by atoms with Gasteiger partial charge in [-0.25, -0.2) is 4.79 Å². The predicted molar refractivity (Wildman–Crippen MR) is 161 cm³/mol. The number of nitrogens with one attached hydrogen (secondary N) is 1. The Kier molecular flexibility index (Phi) is 9.16. The number of amides is 1. The topological polar surface area (TPSA) is 111 Å². The second kappa shape index (κ2) is 12.8. The zero-order valence-corrected chi connectivity index (χ0v) is 25.1. The Labute approximate surface area is 256 Å². The lowest BCUT2D eigenvalue weighted by Crippen LogP contribution is -2.61. The summed E-state index contributed by atoms with van der Waals surface area (Å²) in [5.74, 6) is -0.789. The minimum Gasteiger partial charge on any atom is -0.459 e. The molecule has 1 unspecified atom stereocenters. The molecule has 2 aliphatic carbocycles. The molecule has 2 heterocycles. The van der Waals surface area contributed by atoms with Crippen LogP contribution in [0.5, 0.6) is 0 Å². The molecule has 2 saturated carbocycles. The summed E-state index contributed by atoms with van der Waals surface area (Å²) < 4.78 is 5.66. The van der Waals surface area contributed by atoms with Crippen LogP contribution in [0.2, 0.25) is 10.0 Å². The first-order valence-corrected chi connectivity index (χ1v) is 15.0. The van der Waals surface area contributed by atoms with Crippen LogP contribution in [0.3, 0.4) is 0 Å². The molecule has 2 fully saturated rings. The van der Waals surface area contributed by atoms with E-state index in [-0.39, 0.29) is 34.4 Å². The highest BCUT2D eigenvalue weighted by Crippen LogP contribution is 2.49. The van der Waals surface area contributed by atoms with Gasteiger partial charge in [-0.1, -0.05) is 70.5 Å². The molecular weight excluding hydrogens is 631 g/mol. The van der Waals surface area contributed by atoms with Gasteiger partial charge in [-0.05, 0) is 48.2 Å². The van der Waals surface area contributed by atoms with Gasteiger partial charge in [-0.2, -0.15) is 0 Å². The molecule has 0 radical (unpaired) electrons. The molecule has 0 aliphatic heterocycles. The molecule has 212 valence electrons. The number of rotatable bonds is 8. The fourth-order valence-electron chi connectivity index (χ4n) is 5.35. The van der Waals surface area contributed by atoms with Crippen LogP contribution in [0.1, 0.15) is 53.6 Å².